The summed E-state index contributed by atoms with van der Waals surface area (Å²) in [4.78, 5) is 6.84. The molecule has 1 atom stereocenters. The summed E-state index contributed by atoms with van der Waals surface area (Å²) in [5.74, 6) is 0.655. The first kappa shape index (κ1) is 12.2. The molecule has 1 aliphatic heterocycles. The van der Waals surface area contributed by atoms with Gasteiger partial charge in [-0.25, -0.2) is 0 Å². The molecule has 1 aliphatic rings. The smallest absolute Gasteiger partial charge is 0.0564 e. The Morgan fingerprint density at radius 1 is 1.21 bits per heavy atom. The molecule has 1 fully saturated rings. The van der Waals surface area contributed by atoms with Gasteiger partial charge >= 0.3 is 0 Å². The van der Waals surface area contributed by atoms with Gasteiger partial charge in [-0.05, 0) is 36.6 Å². The fourth-order valence-electron chi connectivity index (χ4n) is 2.79. The highest BCUT2D eigenvalue weighted by molar-refractivity contribution is 5.37. The topological polar surface area (TPSA) is 42.1 Å². The van der Waals surface area contributed by atoms with Crippen LogP contribution >= 0.6 is 0 Å². The second-order valence-electron chi connectivity index (χ2n) is 5.21. The van der Waals surface area contributed by atoms with Crippen LogP contribution in [0, 0.1) is 0 Å². The number of hydrogen-bond acceptors (Lipinski definition) is 3. The van der Waals surface area contributed by atoms with Crippen molar-refractivity contribution in [2.75, 3.05) is 18.8 Å². The van der Waals surface area contributed by atoms with Gasteiger partial charge in [0.05, 0.1) is 5.69 Å². The van der Waals surface area contributed by atoms with Gasteiger partial charge in [0.25, 0.3) is 0 Å². The van der Waals surface area contributed by atoms with E-state index in [1.54, 1.807) is 6.20 Å². The van der Waals surface area contributed by atoms with Crippen molar-refractivity contribution in [2.45, 2.75) is 18.9 Å². The molecular formula is C16H19N3. The predicted molar refractivity (Wildman–Crippen MR) is 77.7 cm³/mol. The third-order valence-corrected chi connectivity index (χ3v) is 3.77. The van der Waals surface area contributed by atoms with Crippen molar-refractivity contribution in [3.8, 4) is 0 Å². The summed E-state index contributed by atoms with van der Waals surface area (Å²) in [6.07, 6.45) is 3.02. The first-order chi connectivity index (χ1) is 9.31. The summed E-state index contributed by atoms with van der Waals surface area (Å²) in [7, 11) is 0. The lowest BCUT2D eigenvalue weighted by Gasteiger charge is -2.15. The number of pyridine rings is 1. The van der Waals surface area contributed by atoms with E-state index in [0.717, 1.165) is 31.0 Å². The predicted octanol–water partition coefficient (Wildman–Crippen LogP) is 2.65. The maximum absolute atomic E-state index is 5.79. The number of aromatic nitrogens is 1. The number of nitrogens with two attached hydrogens (primary N) is 1. The number of hydrogen-bond donors (Lipinski definition) is 1. The molecule has 3 nitrogen and oxygen atoms in total. The van der Waals surface area contributed by atoms with E-state index in [-0.39, 0.29) is 0 Å². The molecule has 0 bridgehead atoms. The fourth-order valence-corrected chi connectivity index (χ4v) is 2.79. The third kappa shape index (κ3) is 2.93. The van der Waals surface area contributed by atoms with E-state index in [2.05, 4.69) is 40.2 Å². The van der Waals surface area contributed by atoms with Crippen LogP contribution in [0.4, 0.5) is 5.69 Å². The van der Waals surface area contributed by atoms with Gasteiger partial charge in [-0.3, -0.25) is 9.88 Å². The quantitative estimate of drug-likeness (QED) is 0.914. The lowest BCUT2D eigenvalue weighted by Crippen LogP contribution is -2.20. The minimum Gasteiger partial charge on any atom is -0.399 e. The number of benzene rings is 1. The van der Waals surface area contributed by atoms with E-state index in [0.29, 0.717) is 5.92 Å². The van der Waals surface area contributed by atoms with E-state index in [1.807, 2.05) is 12.1 Å². The highest BCUT2D eigenvalue weighted by Crippen LogP contribution is 2.27. The van der Waals surface area contributed by atoms with Crippen molar-refractivity contribution in [2.24, 2.45) is 0 Å². The summed E-state index contributed by atoms with van der Waals surface area (Å²) in [5, 5.41) is 0. The first-order valence-electron chi connectivity index (χ1n) is 6.79. The lowest BCUT2D eigenvalue weighted by atomic mass is 9.99. The normalized spacial score (nSPS) is 19.7. The Balaban J connectivity index is 1.63. The van der Waals surface area contributed by atoms with E-state index in [9.17, 15) is 0 Å². The van der Waals surface area contributed by atoms with Crippen molar-refractivity contribution in [1.29, 1.82) is 0 Å². The zero-order valence-corrected chi connectivity index (χ0v) is 11.0. The zero-order valence-electron chi connectivity index (χ0n) is 11.0. The van der Waals surface area contributed by atoms with Crippen molar-refractivity contribution in [1.82, 2.24) is 9.88 Å². The molecule has 1 aromatic carbocycles. The molecule has 0 saturated carbocycles. The molecule has 0 aliphatic carbocycles. The Morgan fingerprint density at radius 3 is 2.84 bits per heavy atom. The number of anilines is 1. The van der Waals surface area contributed by atoms with Gasteiger partial charge < -0.3 is 5.73 Å². The molecule has 3 rings (SSSR count). The molecule has 1 unspecified atom stereocenters. The van der Waals surface area contributed by atoms with Crippen LogP contribution in [-0.4, -0.2) is 23.0 Å². The molecule has 2 aromatic rings. The van der Waals surface area contributed by atoms with E-state index < -0.39 is 0 Å². The van der Waals surface area contributed by atoms with Gasteiger partial charge in [0.15, 0.2) is 0 Å². The molecule has 0 radical (unpaired) electrons. The van der Waals surface area contributed by atoms with Crippen LogP contribution in [-0.2, 0) is 6.54 Å². The summed E-state index contributed by atoms with van der Waals surface area (Å²) in [6, 6.07) is 14.6. The molecule has 0 spiro atoms. The first-order valence-corrected chi connectivity index (χ1v) is 6.79. The largest absolute Gasteiger partial charge is 0.399 e. The molecule has 98 valence electrons. The highest BCUT2D eigenvalue weighted by atomic mass is 15.1. The Morgan fingerprint density at radius 2 is 2.05 bits per heavy atom. The number of nitrogens with zero attached hydrogens (tertiary/aromatic N) is 2. The van der Waals surface area contributed by atoms with Crippen LogP contribution in [0.25, 0.3) is 0 Å². The standard InChI is InChI=1S/C16H19N3/c17-15-6-8-18-16(10-15)12-19-9-7-14(11-19)13-4-2-1-3-5-13/h1-6,8,10,14H,7,9,11-12H2,(H2,17,18). The zero-order chi connectivity index (χ0) is 13.1. The van der Waals surface area contributed by atoms with Crippen molar-refractivity contribution >= 4 is 5.69 Å². The second-order valence-corrected chi connectivity index (χ2v) is 5.21. The monoisotopic (exact) mass is 253 g/mol. The van der Waals surface area contributed by atoms with Gasteiger partial charge in [-0.2, -0.15) is 0 Å². The molecule has 19 heavy (non-hydrogen) atoms. The maximum atomic E-state index is 5.79. The minimum atomic E-state index is 0.655. The van der Waals surface area contributed by atoms with E-state index in [4.69, 9.17) is 5.73 Å². The molecule has 0 amide bonds. The van der Waals surface area contributed by atoms with Crippen molar-refractivity contribution < 1.29 is 0 Å². The van der Waals surface area contributed by atoms with E-state index in [1.165, 1.54) is 12.0 Å². The average Bonchev–Trinajstić information content (AvgIpc) is 2.88. The van der Waals surface area contributed by atoms with Crippen LogP contribution < -0.4 is 5.73 Å². The van der Waals surface area contributed by atoms with Gasteiger partial charge in [0, 0.05) is 25.0 Å². The van der Waals surface area contributed by atoms with Gasteiger partial charge in [-0.1, -0.05) is 30.3 Å². The second kappa shape index (κ2) is 5.41. The summed E-state index contributed by atoms with van der Waals surface area (Å²) >= 11 is 0. The lowest BCUT2D eigenvalue weighted by molar-refractivity contribution is 0.323. The van der Waals surface area contributed by atoms with Crippen LogP contribution in [0.5, 0.6) is 0 Å². The SMILES string of the molecule is Nc1ccnc(CN2CCC(c3ccccc3)C2)c1. The van der Waals surface area contributed by atoms with Crippen molar-refractivity contribution in [3.63, 3.8) is 0 Å². The number of likely N-dealkylation sites (tertiary alicyclic amines) is 1. The third-order valence-electron chi connectivity index (χ3n) is 3.77. The number of rotatable bonds is 3. The van der Waals surface area contributed by atoms with E-state index >= 15 is 0 Å². The molecular weight excluding hydrogens is 234 g/mol. The summed E-state index contributed by atoms with van der Waals surface area (Å²) < 4.78 is 0. The summed E-state index contributed by atoms with van der Waals surface area (Å²) in [5.41, 5.74) is 9.10. The molecule has 2 N–H and O–H groups in total. The van der Waals surface area contributed by atoms with Crippen LogP contribution in [0.3, 0.4) is 0 Å². The number of nitrogen functional groups attached to an aromatic ring is 1. The highest BCUT2D eigenvalue weighted by Gasteiger charge is 2.23. The van der Waals surface area contributed by atoms with Gasteiger partial charge in [-0.15, -0.1) is 0 Å². The Kier molecular flexibility index (Phi) is 3.47. The Bertz CT molecular complexity index is 539. The molecule has 1 saturated heterocycles. The minimum absolute atomic E-state index is 0.655. The van der Waals surface area contributed by atoms with Crippen LogP contribution in [0.1, 0.15) is 23.6 Å². The molecule has 3 heteroatoms. The molecule has 2 heterocycles. The van der Waals surface area contributed by atoms with Crippen LogP contribution in [0.15, 0.2) is 48.7 Å². The van der Waals surface area contributed by atoms with Gasteiger partial charge in [0.1, 0.15) is 0 Å². The Hall–Kier alpha value is -1.87. The van der Waals surface area contributed by atoms with Crippen molar-refractivity contribution in [3.05, 3.63) is 59.9 Å². The fraction of sp³-hybridized carbons (Fsp3) is 0.312. The van der Waals surface area contributed by atoms with Crippen LogP contribution in [0.2, 0.25) is 0 Å². The summed E-state index contributed by atoms with van der Waals surface area (Å²) in [6.45, 7) is 3.14. The molecule has 1 aromatic heterocycles. The maximum Gasteiger partial charge on any atom is 0.0564 e. The van der Waals surface area contributed by atoms with Gasteiger partial charge in [0.2, 0.25) is 0 Å². The Labute approximate surface area is 114 Å². The average molecular weight is 253 g/mol.